The smallest absolute Gasteiger partial charge is 0.416 e. The first-order valence-corrected chi connectivity index (χ1v) is 11.6. The average molecular weight is 522 g/mol. The fraction of sp³-hybridized carbons (Fsp3) is 0.0714. The molecule has 0 unspecified atom stereocenters. The molecule has 0 aliphatic carbocycles. The summed E-state index contributed by atoms with van der Waals surface area (Å²) in [6, 6.07) is 22.1. The molecule has 0 bridgehead atoms. The van der Waals surface area contributed by atoms with Gasteiger partial charge in [-0.05, 0) is 43.4 Å². The molecule has 0 spiro atoms. The Hall–Kier alpha value is -3.75. The van der Waals surface area contributed by atoms with E-state index >= 15 is 0 Å². The van der Waals surface area contributed by atoms with Gasteiger partial charge in [-0.2, -0.15) is 26.3 Å². The largest absolute Gasteiger partial charge is 0.443 e. The standard InChI is InChI=1S/C28H18B2F6O2/c31-27(32,33)21-13-5-7-15-23(21)29(37)25-17-9-1-2-10-18(17)26(20-12-4-3-11-19(20)25)30(38)24-16-8-6-14-22(24)28(34,35)36/h1-16,37-38H. The van der Waals surface area contributed by atoms with Gasteiger partial charge in [0.05, 0.1) is 11.1 Å². The van der Waals surface area contributed by atoms with Crippen molar-refractivity contribution in [2.75, 3.05) is 0 Å². The first-order valence-electron chi connectivity index (χ1n) is 11.6. The van der Waals surface area contributed by atoms with E-state index in [1.807, 2.05) is 0 Å². The maximum absolute atomic E-state index is 13.8. The predicted molar refractivity (Wildman–Crippen MR) is 139 cm³/mol. The summed E-state index contributed by atoms with van der Waals surface area (Å²) < 4.78 is 82.8. The van der Waals surface area contributed by atoms with Crippen LogP contribution in [0.15, 0.2) is 97.1 Å². The third kappa shape index (κ3) is 4.44. The summed E-state index contributed by atoms with van der Waals surface area (Å²) in [5.74, 6) is 0. The first-order chi connectivity index (χ1) is 18.0. The molecule has 0 aliphatic rings. The highest BCUT2D eigenvalue weighted by Crippen LogP contribution is 2.30. The van der Waals surface area contributed by atoms with E-state index in [9.17, 15) is 36.4 Å². The number of alkyl halides is 6. The zero-order valence-corrected chi connectivity index (χ0v) is 19.6. The van der Waals surface area contributed by atoms with Gasteiger partial charge in [0, 0.05) is 0 Å². The summed E-state index contributed by atoms with van der Waals surface area (Å²) in [4.78, 5) is 0. The van der Waals surface area contributed by atoms with E-state index in [-0.39, 0.29) is 21.9 Å². The Morgan fingerprint density at radius 2 is 0.684 bits per heavy atom. The fourth-order valence-corrected chi connectivity index (χ4v) is 5.08. The van der Waals surface area contributed by atoms with Crippen LogP contribution in [0.3, 0.4) is 0 Å². The van der Waals surface area contributed by atoms with E-state index in [1.54, 1.807) is 48.5 Å². The second-order valence-corrected chi connectivity index (χ2v) is 8.89. The molecule has 0 radical (unpaired) electrons. The monoisotopic (exact) mass is 522 g/mol. The lowest BCUT2D eigenvalue weighted by Gasteiger charge is -2.23. The molecule has 2 N–H and O–H groups in total. The van der Waals surface area contributed by atoms with Gasteiger partial charge in [-0.3, -0.25) is 0 Å². The van der Waals surface area contributed by atoms with Gasteiger partial charge in [0.15, 0.2) is 0 Å². The number of hydrogen-bond acceptors (Lipinski definition) is 2. The Morgan fingerprint density at radius 3 is 0.974 bits per heavy atom. The lowest BCUT2D eigenvalue weighted by atomic mass is 9.48. The molecule has 38 heavy (non-hydrogen) atoms. The quantitative estimate of drug-likeness (QED) is 0.211. The van der Waals surface area contributed by atoms with Gasteiger partial charge in [0.2, 0.25) is 0 Å². The molecule has 0 aliphatic heterocycles. The number of rotatable bonds is 4. The van der Waals surface area contributed by atoms with Crippen LogP contribution in [0.2, 0.25) is 0 Å². The molecule has 5 rings (SSSR count). The van der Waals surface area contributed by atoms with Crippen molar-refractivity contribution in [3.8, 4) is 0 Å². The third-order valence-electron chi connectivity index (χ3n) is 6.68. The molecule has 0 saturated heterocycles. The van der Waals surface area contributed by atoms with Crippen LogP contribution in [-0.4, -0.2) is 23.9 Å². The van der Waals surface area contributed by atoms with Crippen molar-refractivity contribution in [1.82, 2.24) is 0 Å². The van der Waals surface area contributed by atoms with Gasteiger partial charge in [-0.15, -0.1) is 0 Å². The van der Waals surface area contributed by atoms with Gasteiger partial charge in [0.25, 0.3) is 0 Å². The molecule has 5 aromatic carbocycles. The summed E-state index contributed by atoms with van der Waals surface area (Å²) >= 11 is 0. The maximum Gasteiger partial charge on any atom is 0.416 e. The van der Waals surface area contributed by atoms with Crippen molar-refractivity contribution >= 4 is 57.2 Å². The van der Waals surface area contributed by atoms with Crippen molar-refractivity contribution in [2.45, 2.75) is 12.4 Å². The minimum atomic E-state index is -4.72. The minimum Gasteiger partial charge on any atom is -0.443 e. The lowest BCUT2D eigenvalue weighted by Crippen LogP contribution is -2.49. The summed E-state index contributed by atoms with van der Waals surface area (Å²) in [5, 5.41) is 24.1. The topological polar surface area (TPSA) is 40.5 Å². The molecule has 10 heteroatoms. The molecule has 0 saturated carbocycles. The number of halogens is 6. The van der Waals surface area contributed by atoms with Crippen LogP contribution >= 0.6 is 0 Å². The van der Waals surface area contributed by atoms with Gasteiger partial charge in [-0.1, -0.05) is 97.1 Å². The molecule has 190 valence electrons. The minimum absolute atomic E-state index is 0.160. The highest BCUT2D eigenvalue weighted by atomic mass is 19.4. The molecule has 0 amide bonds. The van der Waals surface area contributed by atoms with E-state index in [0.29, 0.717) is 21.5 Å². The van der Waals surface area contributed by atoms with Crippen LogP contribution in [0.5, 0.6) is 0 Å². The SMILES string of the molecule is OB(c1ccccc1C(F)(F)F)c1c2ccccc2c(B(O)c2ccccc2C(F)(F)F)c2ccccc12. The summed E-state index contributed by atoms with van der Waals surface area (Å²) in [6.07, 6.45) is -9.44. The van der Waals surface area contributed by atoms with E-state index in [1.165, 1.54) is 36.4 Å². The molecule has 0 atom stereocenters. The van der Waals surface area contributed by atoms with E-state index in [4.69, 9.17) is 0 Å². The number of benzene rings is 5. The Morgan fingerprint density at radius 1 is 0.421 bits per heavy atom. The van der Waals surface area contributed by atoms with E-state index in [0.717, 1.165) is 12.1 Å². The van der Waals surface area contributed by atoms with Crippen LogP contribution in [0.1, 0.15) is 11.1 Å². The van der Waals surface area contributed by atoms with Crippen molar-refractivity contribution in [1.29, 1.82) is 0 Å². The van der Waals surface area contributed by atoms with Crippen molar-refractivity contribution in [2.24, 2.45) is 0 Å². The highest BCUT2D eigenvalue weighted by Gasteiger charge is 2.39. The molecule has 0 aromatic heterocycles. The summed E-state index contributed by atoms with van der Waals surface area (Å²) in [6.45, 7) is -3.42. The molecule has 5 aromatic rings. The van der Waals surface area contributed by atoms with Crippen LogP contribution in [0, 0.1) is 0 Å². The zero-order valence-electron chi connectivity index (χ0n) is 19.6. The summed E-state index contributed by atoms with van der Waals surface area (Å²) in [5.41, 5.74) is -2.38. The van der Waals surface area contributed by atoms with Crippen LogP contribution in [0.25, 0.3) is 21.5 Å². The second-order valence-electron chi connectivity index (χ2n) is 8.89. The molecular formula is C28H18B2F6O2. The van der Waals surface area contributed by atoms with Crippen LogP contribution in [0.4, 0.5) is 26.3 Å². The molecule has 0 fully saturated rings. The first kappa shape index (κ1) is 25.9. The zero-order chi connectivity index (χ0) is 27.2. The molecule has 2 nitrogen and oxygen atoms in total. The predicted octanol–water partition coefficient (Wildman–Crippen LogP) is 4.23. The van der Waals surface area contributed by atoms with Gasteiger partial charge >= 0.3 is 26.2 Å². The van der Waals surface area contributed by atoms with E-state index < -0.39 is 37.3 Å². The lowest BCUT2D eigenvalue weighted by molar-refractivity contribution is -0.137. The van der Waals surface area contributed by atoms with Crippen LogP contribution < -0.4 is 21.9 Å². The number of hydrogen-bond donors (Lipinski definition) is 2. The third-order valence-corrected chi connectivity index (χ3v) is 6.68. The van der Waals surface area contributed by atoms with Crippen molar-refractivity contribution < 1.29 is 36.4 Å². The Balaban J connectivity index is 1.84. The Bertz CT molecular complexity index is 1470. The van der Waals surface area contributed by atoms with Gasteiger partial charge < -0.3 is 10.0 Å². The Labute approximate surface area is 214 Å². The maximum atomic E-state index is 13.8. The van der Waals surface area contributed by atoms with Gasteiger partial charge in [0.1, 0.15) is 0 Å². The van der Waals surface area contributed by atoms with E-state index in [2.05, 4.69) is 0 Å². The van der Waals surface area contributed by atoms with Crippen molar-refractivity contribution in [3.05, 3.63) is 108 Å². The Kier molecular flexibility index (Phi) is 6.49. The second kappa shape index (κ2) is 9.53. The van der Waals surface area contributed by atoms with Crippen molar-refractivity contribution in [3.63, 3.8) is 0 Å². The average Bonchev–Trinajstić information content (AvgIpc) is 2.90. The van der Waals surface area contributed by atoms with Crippen LogP contribution in [-0.2, 0) is 12.4 Å². The highest BCUT2D eigenvalue weighted by molar-refractivity contribution is 6.87. The molecule has 0 heterocycles. The fourth-order valence-electron chi connectivity index (χ4n) is 5.08. The van der Waals surface area contributed by atoms with Gasteiger partial charge in [-0.25, -0.2) is 0 Å². The molecular weight excluding hydrogens is 504 g/mol. The normalized spacial score (nSPS) is 12.2. The summed E-state index contributed by atoms with van der Waals surface area (Å²) in [7, 11) is 0. The number of fused-ring (bicyclic) bond motifs is 2.